The molecule has 0 radical (unpaired) electrons. The molecule has 0 bridgehead atoms. The van der Waals surface area contributed by atoms with Gasteiger partial charge < -0.3 is 0 Å². The summed E-state index contributed by atoms with van der Waals surface area (Å²) in [7, 11) is -11.3. The summed E-state index contributed by atoms with van der Waals surface area (Å²) in [6, 6.07) is 3.40. The van der Waals surface area contributed by atoms with Crippen molar-refractivity contribution in [1.82, 2.24) is 8.61 Å². The molecule has 0 N–H and O–H groups in total. The number of sulfonamides is 2. The average Bonchev–Trinajstić information content (AvgIpc) is 3.13. The van der Waals surface area contributed by atoms with Crippen LogP contribution in [0.5, 0.6) is 0 Å². The topological polar surface area (TPSA) is 126 Å². The Morgan fingerprint density at radius 3 is 2.00 bits per heavy atom. The van der Waals surface area contributed by atoms with E-state index in [4.69, 9.17) is 0 Å². The molecule has 3 atom stereocenters. The SMILES string of the molecule is CCC[C@H]1C(=O)N(S(C)(=O)=O)[C@H]2CCN(S(=O)(=O)c3ccc(S(C)(=O)=O)cc3)[C@H]12. The lowest BCUT2D eigenvalue weighted by Crippen LogP contribution is -2.43. The number of sulfone groups is 1. The van der Waals surface area contributed by atoms with E-state index in [9.17, 15) is 30.0 Å². The molecular weight excluding hydrogens is 440 g/mol. The lowest BCUT2D eigenvalue weighted by molar-refractivity contribution is -0.128. The Hall–Kier alpha value is -1.50. The van der Waals surface area contributed by atoms with Gasteiger partial charge in [0.2, 0.25) is 26.0 Å². The van der Waals surface area contributed by atoms with Crippen LogP contribution < -0.4 is 0 Å². The van der Waals surface area contributed by atoms with Crippen LogP contribution in [0.1, 0.15) is 26.2 Å². The first-order valence-corrected chi connectivity index (χ1v) is 14.3. The van der Waals surface area contributed by atoms with Crippen LogP contribution in [0.4, 0.5) is 0 Å². The Balaban J connectivity index is 2.02. The number of rotatable bonds is 6. The number of hydrogen-bond donors (Lipinski definition) is 0. The van der Waals surface area contributed by atoms with Crippen LogP contribution in [-0.2, 0) is 34.7 Å². The Kier molecular flexibility index (Phi) is 5.61. The summed E-state index contributed by atoms with van der Waals surface area (Å²) in [5.41, 5.74) is 0. The van der Waals surface area contributed by atoms with Crippen molar-refractivity contribution >= 4 is 35.8 Å². The van der Waals surface area contributed by atoms with E-state index in [2.05, 4.69) is 0 Å². The van der Waals surface area contributed by atoms with E-state index in [1.807, 2.05) is 6.92 Å². The van der Waals surface area contributed by atoms with Crippen molar-refractivity contribution in [2.45, 2.75) is 48.1 Å². The molecule has 0 unspecified atom stereocenters. The molecule has 2 aliphatic rings. The van der Waals surface area contributed by atoms with Crippen LogP contribution in [0.3, 0.4) is 0 Å². The molecule has 29 heavy (non-hydrogen) atoms. The van der Waals surface area contributed by atoms with Gasteiger partial charge in [-0.3, -0.25) is 4.79 Å². The van der Waals surface area contributed by atoms with Gasteiger partial charge in [-0.2, -0.15) is 4.31 Å². The minimum Gasteiger partial charge on any atom is -0.273 e. The smallest absolute Gasteiger partial charge is 0.243 e. The highest BCUT2D eigenvalue weighted by Gasteiger charge is 2.58. The number of amides is 1. The van der Waals surface area contributed by atoms with Crippen molar-refractivity contribution in [2.75, 3.05) is 19.1 Å². The zero-order valence-corrected chi connectivity index (χ0v) is 18.8. The molecule has 0 spiro atoms. The van der Waals surface area contributed by atoms with Crippen molar-refractivity contribution < 1.29 is 30.0 Å². The Labute approximate surface area is 171 Å². The molecule has 162 valence electrons. The normalized spacial score (nSPS) is 26.1. The second kappa shape index (κ2) is 7.33. The summed E-state index contributed by atoms with van der Waals surface area (Å²) < 4.78 is 76.1. The first-order valence-electron chi connectivity index (χ1n) is 9.15. The first kappa shape index (κ1) is 22.2. The zero-order chi connectivity index (χ0) is 21.8. The molecule has 1 aromatic rings. The third-order valence-electron chi connectivity index (χ3n) is 5.44. The summed E-state index contributed by atoms with van der Waals surface area (Å²) in [5.74, 6) is -1.29. The van der Waals surface area contributed by atoms with Gasteiger partial charge in [0.15, 0.2) is 9.84 Å². The lowest BCUT2D eigenvalue weighted by Gasteiger charge is -2.26. The fourth-order valence-corrected chi connectivity index (χ4v) is 7.78. The van der Waals surface area contributed by atoms with Gasteiger partial charge in [0, 0.05) is 12.8 Å². The summed E-state index contributed by atoms with van der Waals surface area (Å²) in [4.78, 5) is 12.7. The number of hydrogen-bond acceptors (Lipinski definition) is 7. The molecule has 0 saturated carbocycles. The quantitative estimate of drug-likeness (QED) is 0.598. The van der Waals surface area contributed by atoms with Crippen LogP contribution in [0.2, 0.25) is 0 Å². The van der Waals surface area contributed by atoms with E-state index in [0.29, 0.717) is 12.8 Å². The molecule has 0 aromatic heterocycles. The second-order valence-corrected chi connectivity index (χ2v) is 13.3. The lowest BCUT2D eigenvalue weighted by atomic mass is 9.95. The van der Waals surface area contributed by atoms with Gasteiger partial charge in [0.05, 0.1) is 34.0 Å². The molecule has 12 heteroatoms. The minimum atomic E-state index is -4.03. The second-order valence-electron chi connectivity index (χ2n) is 7.50. The number of carbonyl (C=O) groups is 1. The van der Waals surface area contributed by atoms with E-state index in [1.165, 1.54) is 28.6 Å². The van der Waals surface area contributed by atoms with Crippen molar-refractivity contribution in [3.05, 3.63) is 24.3 Å². The van der Waals surface area contributed by atoms with Gasteiger partial charge in [-0.1, -0.05) is 13.3 Å². The molecule has 2 aliphatic heterocycles. The van der Waals surface area contributed by atoms with E-state index < -0.39 is 53.8 Å². The fourth-order valence-electron chi connectivity index (χ4n) is 4.26. The Bertz CT molecular complexity index is 1130. The molecule has 0 aliphatic carbocycles. The predicted octanol–water partition coefficient (Wildman–Crippen LogP) is 0.440. The maximum Gasteiger partial charge on any atom is 0.243 e. The molecule has 1 aromatic carbocycles. The Morgan fingerprint density at radius 1 is 0.966 bits per heavy atom. The molecule has 1 amide bonds. The molecule has 3 rings (SSSR count). The summed E-state index contributed by atoms with van der Waals surface area (Å²) in [5, 5.41) is 0. The van der Waals surface area contributed by atoms with Gasteiger partial charge in [-0.05, 0) is 37.1 Å². The van der Waals surface area contributed by atoms with Crippen LogP contribution in [0.15, 0.2) is 34.1 Å². The number of benzene rings is 1. The first-order chi connectivity index (χ1) is 13.3. The fraction of sp³-hybridized carbons (Fsp3) is 0.588. The van der Waals surface area contributed by atoms with Crippen LogP contribution in [0, 0.1) is 5.92 Å². The summed E-state index contributed by atoms with van der Waals surface area (Å²) in [6.07, 6.45) is 3.20. The van der Waals surface area contributed by atoms with Crippen molar-refractivity contribution in [3.63, 3.8) is 0 Å². The van der Waals surface area contributed by atoms with Crippen LogP contribution in [0.25, 0.3) is 0 Å². The van der Waals surface area contributed by atoms with Crippen molar-refractivity contribution in [3.8, 4) is 0 Å². The highest BCUT2D eigenvalue weighted by Crippen LogP contribution is 2.42. The molecule has 9 nitrogen and oxygen atoms in total. The van der Waals surface area contributed by atoms with Gasteiger partial charge in [0.25, 0.3) is 0 Å². The largest absolute Gasteiger partial charge is 0.273 e. The maximum atomic E-state index is 13.2. The van der Waals surface area contributed by atoms with Gasteiger partial charge in [0.1, 0.15) is 0 Å². The van der Waals surface area contributed by atoms with Crippen molar-refractivity contribution in [2.24, 2.45) is 5.92 Å². The maximum absolute atomic E-state index is 13.2. The highest BCUT2D eigenvalue weighted by atomic mass is 32.2. The molecule has 2 saturated heterocycles. The van der Waals surface area contributed by atoms with Gasteiger partial charge >= 0.3 is 0 Å². The highest BCUT2D eigenvalue weighted by molar-refractivity contribution is 7.91. The molecule has 2 heterocycles. The van der Waals surface area contributed by atoms with E-state index >= 15 is 0 Å². The van der Waals surface area contributed by atoms with Crippen LogP contribution >= 0.6 is 0 Å². The third-order valence-corrected chi connectivity index (χ3v) is 9.64. The summed E-state index contributed by atoms with van der Waals surface area (Å²) >= 11 is 0. The molecular formula is C17H24N2O7S3. The third kappa shape index (κ3) is 3.82. The van der Waals surface area contributed by atoms with E-state index in [1.54, 1.807) is 0 Å². The zero-order valence-electron chi connectivity index (χ0n) is 16.3. The summed E-state index contributed by atoms with van der Waals surface area (Å²) in [6.45, 7) is 1.94. The van der Waals surface area contributed by atoms with Crippen LogP contribution in [-0.4, -0.2) is 70.9 Å². The standard InChI is InChI=1S/C17H24N2O7S3/c1-4-5-14-16-15(19(17(14)20)28(3,23)24)10-11-18(16)29(25,26)13-8-6-12(7-9-13)27(2,21)22/h6-9,14-16H,4-5,10-11H2,1-3H3/t14-,15+,16-/m1/s1. The van der Waals surface area contributed by atoms with Crippen molar-refractivity contribution in [1.29, 1.82) is 0 Å². The average molecular weight is 465 g/mol. The van der Waals surface area contributed by atoms with E-state index in [-0.39, 0.29) is 22.8 Å². The Morgan fingerprint density at radius 2 is 1.52 bits per heavy atom. The number of nitrogens with zero attached hydrogens (tertiary/aromatic N) is 2. The minimum absolute atomic E-state index is 0.00102. The number of carbonyl (C=O) groups excluding carboxylic acids is 1. The predicted molar refractivity (Wildman–Crippen MR) is 106 cm³/mol. The van der Waals surface area contributed by atoms with Gasteiger partial charge in [-0.25, -0.2) is 29.6 Å². The number of fused-ring (bicyclic) bond motifs is 1. The van der Waals surface area contributed by atoms with Gasteiger partial charge in [-0.15, -0.1) is 0 Å². The molecule has 2 fully saturated rings. The van der Waals surface area contributed by atoms with E-state index in [0.717, 1.165) is 16.8 Å². The monoisotopic (exact) mass is 464 g/mol.